The highest BCUT2D eigenvalue weighted by molar-refractivity contribution is 6.21. The van der Waals surface area contributed by atoms with E-state index in [2.05, 4.69) is 5.32 Å². The van der Waals surface area contributed by atoms with Crippen LogP contribution in [0.1, 0.15) is 42.2 Å². The minimum atomic E-state index is -0.294. The summed E-state index contributed by atoms with van der Waals surface area (Å²) in [5.74, 6) is -0.793. The standard InChI is InChI=1S/C21H16N2O4/c24-19(22-11-15-9-10-27-13-15)16-7-5-14(6-8-16)12-23-20(25)17-3-1-2-4-18(17)21(23)26/h1-10,13H,11-12H2,(H,22,24). The van der Waals surface area contributed by atoms with Crippen LogP contribution in [-0.2, 0) is 13.1 Å². The van der Waals surface area contributed by atoms with Gasteiger partial charge in [0.1, 0.15) is 0 Å². The number of nitrogens with one attached hydrogen (secondary N) is 1. The van der Waals surface area contributed by atoms with Gasteiger partial charge in [-0.05, 0) is 35.9 Å². The molecule has 1 aliphatic rings. The Morgan fingerprint density at radius 1 is 0.889 bits per heavy atom. The molecule has 2 heterocycles. The number of hydrogen-bond donors (Lipinski definition) is 1. The minimum Gasteiger partial charge on any atom is -0.472 e. The number of amides is 3. The number of fused-ring (bicyclic) bond motifs is 1. The van der Waals surface area contributed by atoms with E-state index in [0.717, 1.165) is 11.1 Å². The number of furan rings is 1. The molecule has 1 N–H and O–H groups in total. The van der Waals surface area contributed by atoms with E-state index < -0.39 is 0 Å². The van der Waals surface area contributed by atoms with Gasteiger partial charge in [-0.25, -0.2) is 0 Å². The summed E-state index contributed by atoms with van der Waals surface area (Å²) in [5, 5.41) is 2.80. The van der Waals surface area contributed by atoms with Crippen molar-refractivity contribution in [1.82, 2.24) is 10.2 Å². The van der Waals surface area contributed by atoms with Crippen molar-refractivity contribution in [2.24, 2.45) is 0 Å². The lowest BCUT2D eigenvalue weighted by atomic mass is 10.1. The van der Waals surface area contributed by atoms with Gasteiger partial charge in [-0.1, -0.05) is 24.3 Å². The van der Waals surface area contributed by atoms with Crippen LogP contribution in [0.25, 0.3) is 0 Å². The summed E-state index contributed by atoms with van der Waals surface area (Å²) < 4.78 is 4.96. The lowest BCUT2D eigenvalue weighted by Crippen LogP contribution is -2.29. The zero-order valence-electron chi connectivity index (χ0n) is 14.3. The number of carbonyl (C=O) groups is 3. The Balaban J connectivity index is 1.42. The summed E-state index contributed by atoms with van der Waals surface area (Å²) in [6, 6.07) is 15.4. The Morgan fingerprint density at radius 3 is 2.15 bits per heavy atom. The zero-order chi connectivity index (χ0) is 18.8. The van der Waals surface area contributed by atoms with Crippen molar-refractivity contribution < 1.29 is 18.8 Å². The first-order chi connectivity index (χ1) is 13.1. The fourth-order valence-corrected chi connectivity index (χ4v) is 3.00. The molecule has 1 aliphatic heterocycles. The van der Waals surface area contributed by atoms with E-state index in [1.54, 1.807) is 67.1 Å². The third-order valence-electron chi connectivity index (χ3n) is 4.47. The molecule has 0 aliphatic carbocycles. The van der Waals surface area contributed by atoms with Crippen molar-refractivity contribution in [1.29, 1.82) is 0 Å². The summed E-state index contributed by atoms with van der Waals surface area (Å²) in [4.78, 5) is 38.2. The zero-order valence-corrected chi connectivity index (χ0v) is 14.3. The summed E-state index contributed by atoms with van der Waals surface area (Å²) in [7, 11) is 0. The largest absolute Gasteiger partial charge is 0.472 e. The average molecular weight is 360 g/mol. The first-order valence-corrected chi connectivity index (χ1v) is 8.47. The van der Waals surface area contributed by atoms with Gasteiger partial charge < -0.3 is 9.73 Å². The SMILES string of the molecule is O=C(NCc1ccoc1)c1ccc(CN2C(=O)c3ccccc3C2=O)cc1. The predicted octanol–water partition coefficient (Wildman–Crippen LogP) is 3.01. The molecule has 0 atom stereocenters. The molecule has 0 saturated carbocycles. The molecule has 6 heteroatoms. The topological polar surface area (TPSA) is 79.6 Å². The van der Waals surface area contributed by atoms with Gasteiger partial charge in [0.2, 0.25) is 0 Å². The summed E-state index contributed by atoms with van der Waals surface area (Å²) in [5.41, 5.74) is 3.02. The number of benzene rings is 2. The molecule has 27 heavy (non-hydrogen) atoms. The van der Waals surface area contributed by atoms with Crippen LogP contribution in [0, 0.1) is 0 Å². The Hall–Kier alpha value is -3.67. The van der Waals surface area contributed by atoms with Crippen molar-refractivity contribution in [3.63, 3.8) is 0 Å². The molecule has 0 unspecified atom stereocenters. The molecule has 134 valence electrons. The molecule has 0 fully saturated rings. The highest BCUT2D eigenvalue weighted by Crippen LogP contribution is 2.24. The summed E-state index contributed by atoms with van der Waals surface area (Å²) >= 11 is 0. The Kier molecular flexibility index (Phi) is 4.30. The molecule has 0 bridgehead atoms. The van der Waals surface area contributed by atoms with E-state index in [1.165, 1.54) is 4.90 Å². The Labute approximate surface area is 155 Å². The maximum absolute atomic E-state index is 12.4. The number of carbonyl (C=O) groups excluding carboxylic acids is 3. The van der Waals surface area contributed by atoms with Crippen LogP contribution >= 0.6 is 0 Å². The molecule has 4 rings (SSSR count). The number of hydrogen-bond acceptors (Lipinski definition) is 4. The average Bonchev–Trinajstić information content (AvgIpc) is 3.30. The predicted molar refractivity (Wildman–Crippen MR) is 97.0 cm³/mol. The van der Waals surface area contributed by atoms with Crippen LogP contribution in [0.3, 0.4) is 0 Å². The summed E-state index contributed by atoms with van der Waals surface area (Å²) in [6.07, 6.45) is 3.13. The van der Waals surface area contributed by atoms with E-state index in [0.29, 0.717) is 23.2 Å². The smallest absolute Gasteiger partial charge is 0.261 e. The number of imide groups is 1. The monoisotopic (exact) mass is 360 g/mol. The quantitative estimate of drug-likeness (QED) is 0.710. The van der Waals surface area contributed by atoms with E-state index >= 15 is 0 Å². The first-order valence-electron chi connectivity index (χ1n) is 8.47. The van der Waals surface area contributed by atoms with Gasteiger partial charge in [-0.15, -0.1) is 0 Å². The van der Waals surface area contributed by atoms with Crippen LogP contribution in [0.15, 0.2) is 71.5 Å². The van der Waals surface area contributed by atoms with Gasteiger partial charge in [0, 0.05) is 17.7 Å². The van der Waals surface area contributed by atoms with Crippen LogP contribution in [0.5, 0.6) is 0 Å². The number of rotatable bonds is 5. The molecule has 3 amide bonds. The summed E-state index contributed by atoms with van der Waals surface area (Å²) in [6.45, 7) is 0.551. The van der Waals surface area contributed by atoms with Crippen molar-refractivity contribution in [3.8, 4) is 0 Å². The first kappa shape index (κ1) is 16.8. The molecule has 0 radical (unpaired) electrons. The molecular formula is C21H16N2O4. The van der Waals surface area contributed by atoms with Crippen LogP contribution in [-0.4, -0.2) is 22.6 Å². The van der Waals surface area contributed by atoms with Gasteiger partial charge in [0.05, 0.1) is 30.2 Å². The second-order valence-electron chi connectivity index (χ2n) is 6.25. The van der Waals surface area contributed by atoms with E-state index in [9.17, 15) is 14.4 Å². The van der Waals surface area contributed by atoms with E-state index in [1.807, 2.05) is 0 Å². The van der Waals surface area contributed by atoms with Crippen molar-refractivity contribution in [3.05, 3.63) is 94.9 Å². The van der Waals surface area contributed by atoms with Gasteiger partial charge in [0.15, 0.2) is 0 Å². The second-order valence-corrected chi connectivity index (χ2v) is 6.25. The maximum Gasteiger partial charge on any atom is 0.261 e. The third-order valence-corrected chi connectivity index (χ3v) is 4.47. The second kappa shape index (κ2) is 6.92. The van der Waals surface area contributed by atoms with Crippen LogP contribution in [0.2, 0.25) is 0 Å². The molecule has 2 aromatic carbocycles. The molecule has 3 aromatic rings. The number of nitrogens with zero attached hydrogens (tertiary/aromatic N) is 1. The van der Waals surface area contributed by atoms with Crippen LogP contribution in [0.4, 0.5) is 0 Å². The highest BCUT2D eigenvalue weighted by Gasteiger charge is 2.34. The molecule has 1 aromatic heterocycles. The Bertz CT molecular complexity index is 972. The minimum absolute atomic E-state index is 0.170. The highest BCUT2D eigenvalue weighted by atomic mass is 16.3. The van der Waals surface area contributed by atoms with Gasteiger partial charge in [0.25, 0.3) is 17.7 Å². The van der Waals surface area contributed by atoms with Gasteiger partial charge in [-0.3, -0.25) is 19.3 Å². The Morgan fingerprint density at radius 2 is 1.56 bits per heavy atom. The maximum atomic E-state index is 12.4. The third kappa shape index (κ3) is 3.25. The van der Waals surface area contributed by atoms with Gasteiger partial charge in [-0.2, -0.15) is 0 Å². The van der Waals surface area contributed by atoms with Crippen molar-refractivity contribution in [2.75, 3.05) is 0 Å². The van der Waals surface area contributed by atoms with E-state index in [-0.39, 0.29) is 24.3 Å². The fourth-order valence-electron chi connectivity index (χ4n) is 3.00. The normalized spacial score (nSPS) is 13.0. The van der Waals surface area contributed by atoms with Crippen LogP contribution < -0.4 is 5.32 Å². The lowest BCUT2D eigenvalue weighted by molar-refractivity contribution is 0.0641. The molecule has 6 nitrogen and oxygen atoms in total. The molecular weight excluding hydrogens is 344 g/mol. The molecule has 0 saturated heterocycles. The molecule has 0 spiro atoms. The lowest BCUT2D eigenvalue weighted by Gasteiger charge is -2.14. The van der Waals surface area contributed by atoms with Crippen molar-refractivity contribution >= 4 is 17.7 Å². The van der Waals surface area contributed by atoms with E-state index in [4.69, 9.17) is 4.42 Å². The van der Waals surface area contributed by atoms with Gasteiger partial charge >= 0.3 is 0 Å². The fraction of sp³-hybridized carbons (Fsp3) is 0.0952. The van der Waals surface area contributed by atoms with Crippen molar-refractivity contribution in [2.45, 2.75) is 13.1 Å².